The summed E-state index contributed by atoms with van der Waals surface area (Å²) < 4.78 is 25.8. The van der Waals surface area contributed by atoms with Crippen LogP contribution >= 0.6 is 34.2 Å². The van der Waals surface area contributed by atoms with Gasteiger partial charge in [-0.15, -0.1) is 0 Å². The van der Waals surface area contributed by atoms with Crippen molar-refractivity contribution in [1.29, 1.82) is 0 Å². The molecule has 0 atom stereocenters. The quantitative estimate of drug-likeness (QED) is 0.180. The molecule has 3 aromatic rings. The number of carbonyl (C=O) groups is 1. The van der Waals surface area contributed by atoms with E-state index < -0.39 is 5.91 Å². The van der Waals surface area contributed by atoms with E-state index in [2.05, 4.69) is 38.1 Å². The van der Waals surface area contributed by atoms with Gasteiger partial charge in [0.25, 0.3) is 5.91 Å². The molecular weight excluding hydrogens is 536 g/mol. The highest BCUT2D eigenvalue weighted by atomic mass is 127. The van der Waals surface area contributed by atoms with E-state index in [1.54, 1.807) is 30.3 Å². The van der Waals surface area contributed by atoms with Crippen molar-refractivity contribution in [1.82, 2.24) is 10.4 Å². The van der Waals surface area contributed by atoms with Crippen LogP contribution in [0.4, 0.5) is 4.39 Å². The second kappa shape index (κ2) is 11.1. The van der Waals surface area contributed by atoms with Gasteiger partial charge in [0, 0.05) is 6.20 Å². The van der Waals surface area contributed by atoms with Crippen LogP contribution in [-0.2, 0) is 6.61 Å². The number of nitrogens with one attached hydrogen (secondary N) is 1. The van der Waals surface area contributed by atoms with Crippen LogP contribution in [0.1, 0.15) is 28.4 Å². The van der Waals surface area contributed by atoms with Crippen LogP contribution < -0.4 is 14.9 Å². The first-order valence-electron chi connectivity index (χ1n) is 9.25. The fraction of sp³-hybridized carbons (Fsp3) is 0.136. The predicted octanol–water partition coefficient (Wildman–Crippen LogP) is 5.22. The summed E-state index contributed by atoms with van der Waals surface area (Å²) in [5, 5.41) is 4.08. The van der Waals surface area contributed by atoms with Crippen molar-refractivity contribution in [3.63, 3.8) is 0 Å². The second-order valence-electron chi connectivity index (χ2n) is 6.22. The molecule has 3 rings (SSSR count). The molecule has 1 heterocycles. The molecule has 9 heteroatoms. The zero-order valence-electron chi connectivity index (χ0n) is 16.4. The summed E-state index contributed by atoms with van der Waals surface area (Å²) >= 11 is 8.04. The number of halogens is 3. The van der Waals surface area contributed by atoms with Crippen molar-refractivity contribution in [3.8, 4) is 11.5 Å². The van der Waals surface area contributed by atoms with Gasteiger partial charge in [0.2, 0.25) is 0 Å². The fourth-order valence-electron chi connectivity index (χ4n) is 2.63. The molecule has 0 unspecified atom stereocenters. The van der Waals surface area contributed by atoms with Crippen LogP contribution in [0.15, 0.2) is 59.8 Å². The molecule has 1 amide bonds. The smallest absolute Gasteiger partial charge is 0.274 e. The number of benzene rings is 2. The van der Waals surface area contributed by atoms with Crippen LogP contribution in [0, 0.1) is 9.39 Å². The monoisotopic (exact) mass is 553 g/mol. The Balaban J connectivity index is 1.73. The van der Waals surface area contributed by atoms with E-state index in [1.807, 2.05) is 13.0 Å². The normalized spacial score (nSPS) is 10.8. The summed E-state index contributed by atoms with van der Waals surface area (Å²) in [6.45, 7) is 2.49. The average molecular weight is 554 g/mol. The Kier molecular flexibility index (Phi) is 8.19. The fourth-order valence-corrected chi connectivity index (χ4v) is 3.62. The number of carbonyl (C=O) groups excluding carboxylic acids is 1. The Hall–Kier alpha value is -2.72. The molecule has 0 saturated heterocycles. The van der Waals surface area contributed by atoms with Crippen molar-refractivity contribution < 1.29 is 18.7 Å². The van der Waals surface area contributed by atoms with Gasteiger partial charge < -0.3 is 9.47 Å². The minimum Gasteiger partial charge on any atom is -0.490 e. The maximum atomic E-state index is 13.4. The summed E-state index contributed by atoms with van der Waals surface area (Å²) in [5.41, 5.74) is 4.06. The van der Waals surface area contributed by atoms with Crippen molar-refractivity contribution in [2.75, 3.05) is 6.61 Å². The maximum Gasteiger partial charge on any atom is 0.274 e. The molecule has 2 aromatic carbocycles. The van der Waals surface area contributed by atoms with Crippen LogP contribution in [0.2, 0.25) is 5.15 Å². The van der Waals surface area contributed by atoms with Crippen LogP contribution in [0.25, 0.3) is 0 Å². The average Bonchev–Trinajstić information content (AvgIpc) is 2.73. The third-order valence-corrected chi connectivity index (χ3v) is 5.09. The Morgan fingerprint density at radius 3 is 2.84 bits per heavy atom. The number of aromatic nitrogens is 1. The lowest BCUT2D eigenvalue weighted by Gasteiger charge is -2.14. The summed E-state index contributed by atoms with van der Waals surface area (Å²) in [6.07, 6.45) is 2.99. The number of nitrogens with zero attached hydrogens (tertiary/aromatic N) is 2. The van der Waals surface area contributed by atoms with Gasteiger partial charge in [0.05, 0.1) is 22.0 Å². The van der Waals surface area contributed by atoms with Crippen LogP contribution in [-0.4, -0.2) is 23.7 Å². The lowest BCUT2D eigenvalue weighted by molar-refractivity contribution is 0.0955. The lowest BCUT2D eigenvalue weighted by atomic mass is 10.2. The number of hydrogen-bond donors (Lipinski definition) is 1. The van der Waals surface area contributed by atoms with Crippen molar-refractivity contribution in [2.24, 2.45) is 5.10 Å². The summed E-state index contributed by atoms with van der Waals surface area (Å²) in [6, 6.07) is 13.0. The van der Waals surface area contributed by atoms with Gasteiger partial charge in [-0.05, 0) is 77.0 Å². The van der Waals surface area contributed by atoms with E-state index in [0.29, 0.717) is 29.2 Å². The van der Waals surface area contributed by atoms with E-state index in [1.165, 1.54) is 24.5 Å². The highest BCUT2D eigenvalue weighted by molar-refractivity contribution is 14.1. The molecule has 1 N–H and O–H groups in total. The second-order valence-corrected chi connectivity index (χ2v) is 7.74. The number of hydrogen-bond acceptors (Lipinski definition) is 5. The number of pyridine rings is 1. The van der Waals surface area contributed by atoms with E-state index in [9.17, 15) is 9.18 Å². The molecule has 0 aliphatic rings. The van der Waals surface area contributed by atoms with Gasteiger partial charge >= 0.3 is 0 Å². The molecule has 0 saturated carbocycles. The van der Waals surface area contributed by atoms with E-state index in [-0.39, 0.29) is 23.1 Å². The van der Waals surface area contributed by atoms with Gasteiger partial charge in [-0.3, -0.25) is 4.79 Å². The van der Waals surface area contributed by atoms with Crippen molar-refractivity contribution in [3.05, 3.63) is 86.0 Å². The zero-order valence-corrected chi connectivity index (χ0v) is 19.4. The molecular formula is C22H18ClFIN3O3. The minimum atomic E-state index is -0.468. The SMILES string of the molecule is CCOc1cc(C=NNC(=O)c2cccnc2Cl)cc(I)c1OCc1cccc(F)c1. The zero-order chi connectivity index (χ0) is 22.2. The number of amides is 1. The Morgan fingerprint density at radius 1 is 1.26 bits per heavy atom. The molecule has 1 aromatic heterocycles. The number of rotatable bonds is 8. The molecule has 6 nitrogen and oxygen atoms in total. The Bertz CT molecular complexity index is 1110. The van der Waals surface area contributed by atoms with Crippen LogP contribution in [0.3, 0.4) is 0 Å². The maximum absolute atomic E-state index is 13.4. The van der Waals surface area contributed by atoms with E-state index in [4.69, 9.17) is 21.1 Å². The first-order valence-corrected chi connectivity index (χ1v) is 10.7. The van der Waals surface area contributed by atoms with E-state index >= 15 is 0 Å². The minimum absolute atomic E-state index is 0.100. The largest absolute Gasteiger partial charge is 0.490 e. The molecule has 0 radical (unpaired) electrons. The highest BCUT2D eigenvalue weighted by Gasteiger charge is 2.13. The summed E-state index contributed by atoms with van der Waals surface area (Å²) in [7, 11) is 0. The van der Waals surface area contributed by atoms with Gasteiger partial charge in [-0.1, -0.05) is 23.7 Å². The van der Waals surface area contributed by atoms with E-state index in [0.717, 1.165) is 3.57 Å². The number of ether oxygens (including phenoxy) is 2. The standard InChI is InChI=1S/C22H18ClFIN3O3/c1-2-30-19-11-15(12-27-28-22(29)17-7-4-8-26-21(17)23)10-18(25)20(19)31-13-14-5-3-6-16(24)9-14/h3-12H,2,13H2,1H3,(H,28,29). The molecule has 0 fully saturated rings. The molecule has 0 bridgehead atoms. The first-order chi connectivity index (χ1) is 15.0. The summed E-state index contributed by atoms with van der Waals surface area (Å²) in [5.74, 6) is 0.287. The van der Waals surface area contributed by atoms with Gasteiger partial charge in [0.1, 0.15) is 17.6 Å². The third kappa shape index (κ3) is 6.38. The van der Waals surface area contributed by atoms with Crippen LogP contribution in [0.5, 0.6) is 11.5 Å². The third-order valence-electron chi connectivity index (χ3n) is 3.99. The van der Waals surface area contributed by atoms with Gasteiger partial charge in [-0.2, -0.15) is 5.10 Å². The number of hydrazone groups is 1. The molecule has 31 heavy (non-hydrogen) atoms. The Morgan fingerprint density at radius 2 is 2.10 bits per heavy atom. The van der Waals surface area contributed by atoms with Crippen molar-refractivity contribution in [2.45, 2.75) is 13.5 Å². The summed E-state index contributed by atoms with van der Waals surface area (Å²) in [4.78, 5) is 16.0. The van der Waals surface area contributed by atoms with Gasteiger partial charge in [0.15, 0.2) is 11.5 Å². The molecule has 0 spiro atoms. The highest BCUT2D eigenvalue weighted by Crippen LogP contribution is 2.34. The predicted molar refractivity (Wildman–Crippen MR) is 125 cm³/mol. The lowest BCUT2D eigenvalue weighted by Crippen LogP contribution is -2.18. The Labute approximate surface area is 197 Å². The molecule has 160 valence electrons. The first kappa shape index (κ1) is 23.0. The van der Waals surface area contributed by atoms with Gasteiger partial charge in [-0.25, -0.2) is 14.8 Å². The molecule has 0 aliphatic carbocycles. The topological polar surface area (TPSA) is 72.8 Å². The molecule has 0 aliphatic heterocycles. The van der Waals surface area contributed by atoms with Crippen molar-refractivity contribution >= 4 is 46.3 Å².